The largest absolute Gasteiger partial charge is 0.382 e. The van der Waals surface area contributed by atoms with Gasteiger partial charge in [0.2, 0.25) is 0 Å². The smallest absolute Gasteiger partial charge is 0.151 e. The van der Waals surface area contributed by atoms with Crippen LogP contribution in [0.25, 0.3) is 11.0 Å². The molecular formula is C19H24N4S. The number of anilines is 1. The van der Waals surface area contributed by atoms with Crippen molar-refractivity contribution in [2.24, 2.45) is 0 Å². The summed E-state index contributed by atoms with van der Waals surface area (Å²) in [6.45, 7) is 7.23. The van der Waals surface area contributed by atoms with Crippen LogP contribution in [0.2, 0.25) is 0 Å². The van der Waals surface area contributed by atoms with Crippen LogP contribution in [0.5, 0.6) is 0 Å². The fourth-order valence-corrected chi connectivity index (χ4v) is 3.85. The van der Waals surface area contributed by atoms with Gasteiger partial charge in [0, 0.05) is 23.6 Å². The number of imidazole rings is 1. The van der Waals surface area contributed by atoms with Crippen LogP contribution >= 0.6 is 11.8 Å². The van der Waals surface area contributed by atoms with Crippen molar-refractivity contribution in [1.29, 1.82) is 0 Å². The van der Waals surface area contributed by atoms with Crippen molar-refractivity contribution >= 4 is 28.6 Å². The second-order valence-electron chi connectivity index (χ2n) is 5.95. The van der Waals surface area contributed by atoms with Crippen LogP contribution in [0, 0.1) is 13.8 Å². The Morgan fingerprint density at radius 1 is 1.12 bits per heavy atom. The molecule has 0 atom stereocenters. The molecule has 24 heavy (non-hydrogen) atoms. The van der Waals surface area contributed by atoms with Crippen LogP contribution in [0.3, 0.4) is 0 Å². The number of hydrogen-bond donors (Lipinski definition) is 1. The average molecular weight is 340 g/mol. The number of benzene rings is 1. The van der Waals surface area contributed by atoms with E-state index in [4.69, 9.17) is 10.7 Å². The predicted octanol–water partition coefficient (Wildman–Crippen LogP) is 4.38. The SMILES string of the molecule is CCc1nc2c(N)nc(C)c(C)c2n1CCCSc1ccccc1. The molecule has 0 fully saturated rings. The van der Waals surface area contributed by atoms with E-state index < -0.39 is 0 Å². The van der Waals surface area contributed by atoms with E-state index in [1.807, 2.05) is 18.7 Å². The molecule has 0 bridgehead atoms. The molecule has 0 amide bonds. The monoisotopic (exact) mass is 340 g/mol. The van der Waals surface area contributed by atoms with E-state index in [2.05, 4.69) is 53.7 Å². The molecular weight excluding hydrogens is 316 g/mol. The molecule has 1 aromatic carbocycles. The highest BCUT2D eigenvalue weighted by molar-refractivity contribution is 7.99. The lowest BCUT2D eigenvalue weighted by atomic mass is 10.2. The lowest BCUT2D eigenvalue weighted by Gasteiger charge is -2.11. The highest BCUT2D eigenvalue weighted by Gasteiger charge is 2.16. The van der Waals surface area contributed by atoms with Crippen LogP contribution < -0.4 is 5.73 Å². The van der Waals surface area contributed by atoms with Crippen molar-refractivity contribution in [1.82, 2.24) is 14.5 Å². The van der Waals surface area contributed by atoms with Gasteiger partial charge in [0.1, 0.15) is 11.3 Å². The maximum Gasteiger partial charge on any atom is 0.151 e. The van der Waals surface area contributed by atoms with E-state index in [0.29, 0.717) is 5.82 Å². The summed E-state index contributed by atoms with van der Waals surface area (Å²) in [5.41, 5.74) is 10.3. The molecule has 5 heteroatoms. The van der Waals surface area contributed by atoms with Gasteiger partial charge in [-0.2, -0.15) is 0 Å². The van der Waals surface area contributed by atoms with Gasteiger partial charge in [-0.05, 0) is 43.7 Å². The molecule has 4 nitrogen and oxygen atoms in total. The summed E-state index contributed by atoms with van der Waals surface area (Å²) in [6, 6.07) is 10.5. The zero-order chi connectivity index (χ0) is 17.1. The number of thioether (sulfide) groups is 1. The number of nitrogens with two attached hydrogens (primary N) is 1. The number of nitrogen functional groups attached to an aromatic ring is 1. The van der Waals surface area contributed by atoms with Gasteiger partial charge in [-0.25, -0.2) is 9.97 Å². The van der Waals surface area contributed by atoms with Gasteiger partial charge in [0.25, 0.3) is 0 Å². The van der Waals surface area contributed by atoms with Crippen molar-refractivity contribution in [2.75, 3.05) is 11.5 Å². The van der Waals surface area contributed by atoms with Gasteiger partial charge in [-0.1, -0.05) is 25.1 Å². The van der Waals surface area contributed by atoms with Crippen molar-refractivity contribution in [3.05, 3.63) is 47.4 Å². The normalized spacial score (nSPS) is 11.3. The first-order valence-electron chi connectivity index (χ1n) is 8.41. The van der Waals surface area contributed by atoms with E-state index in [9.17, 15) is 0 Å². The van der Waals surface area contributed by atoms with Gasteiger partial charge in [-0.15, -0.1) is 11.8 Å². The number of nitrogens with zero attached hydrogens (tertiary/aromatic N) is 3. The Hall–Kier alpha value is -2.01. The van der Waals surface area contributed by atoms with Gasteiger partial charge in [0.05, 0.1) is 5.52 Å². The van der Waals surface area contributed by atoms with Gasteiger partial charge < -0.3 is 10.3 Å². The summed E-state index contributed by atoms with van der Waals surface area (Å²) in [5, 5.41) is 0. The first-order chi connectivity index (χ1) is 11.6. The fourth-order valence-electron chi connectivity index (χ4n) is 2.99. The fraction of sp³-hybridized carbons (Fsp3) is 0.368. The number of fused-ring (bicyclic) bond motifs is 1. The molecule has 126 valence electrons. The van der Waals surface area contributed by atoms with E-state index >= 15 is 0 Å². The number of rotatable bonds is 6. The standard InChI is InChI=1S/C19H24N4S/c1-4-16-22-17-18(13(2)14(3)21-19(17)20)23(16)11-8-12-24-15-9-6-5-7-10-15/h5-7,9-10H,4,8,11-12H2,1-3H3,(H2,20,21). The average Bonchev–Trinajstić information content (AvgIpc) is 2.97. The summed E-state index contributed by atoms with van der Waals surface area (Å²) in [4.78, 5) is 10.5. The molecule has 0 saturated heterocycles. The molecule has 2 aromatic heterocycles. The van der Waals surface area contributed by atoms with Crippen molar-refractivity contribution in [3.8, 4) is 0 Å². The molecule has 0 spiro atoms. The molecule has 0 aliphatic rings. The van der Waals surface area contributed by atoms with E-state index in [-0.39, 0.29) is 0 Å². The van der Waals surface area contributed by atoms with Crippen molar-refractivity contribution in [3.63, 3.8) is 0 Å². The molecule has 0 aliphatic carbocycles. The van der Waals surface area contributed by atoms with E-state index in [0.717, 1.165) is 47.7 Å². The third-order valence-corrected chi connectivity index (χ3v) is 5.43. The Balaban J connectivity index is 1.80. The minimum Gasteiger partial charge on any atom is -0.382 e. The van der Waals surface area contributed by atoms with Crippen molar-refractivity contribution in [2.45, 2.75) is 45.1 Å². The van der Waals surface area contributed by atoms with E-state index in [1.165, 1.54) is 10.5 Å². The molecule has 0 radical (unpaired) electrons. The molecule has 2 heterocycles. The summed E-state index contributed by atoms with van der Waals surface area (Å²) < 4.78 is 2.33. The number of hydrogen-bond acceptors (Lipinski definition) is 4. The maximum absolute atomic E-state index is 6.10. The van der Waals surface area contributed by atoms with Gasteiger partial charge in [0.15, 0.2) is 5.82 Å². The second-order valence-corrected chi connectivity index (χ2v) is 7.12. The summed E-state index contributed by atoms with van der Waals surface area (Å²) in [7, 11) is 0. The maximum atomic E-state index is 6.10. The minimum atomic E-state index is 0.542. The number of aromatic nitrogens is 3. The Morgan fingerprint density at radius 2 is 1.88 bits per heavy atom. The van der Waals surface area contributed by atoms with Crippen LogP contribution in [-0.4, -0.2) is 20.3 Å². The summed E-state index contributed by atoms with van der Waals surface area (Å²) in [5.74, 6) is 2.72. The summed E-state index contributed by atoms with van der Waals surface area (Å²) >= 11 is 1.90. The molecule has 0 unspecified atom stereocenters. The van der Waals surface area contributed by atoms with Crippen LogP contribution in [0.1, 0.15) is 30.4 Å². The first-order valence-corrected chi connectivity index (χ1v) is 9.40. The molecule has 2 N–H and O–H groups in total. The quantitative estimate of drug-likeness (QED) is 0.534. The van der Waals surface area contributed by atoms with Gasteiger partial charge in [-0.3, -0.25) is 0 Å². The molecule has 3 rings (SSSR count). The third-order valence-electron chi connectivity index (χ3n) is 4.33. The Labute approximate surface area is 147 Å². The zero-order valence-electron chi connectivity index (χ0n) is 14.5. The Kier molecular flexibility index (Phi) is 5.09. The number of pyridine rings is 1. The molecule has 0 saturated carbocycles. The lowest BCUT2D eigenvalue weighted by Crippen LogP contribution is -2.06. The number of aryl methyl sites for hydroxylation is 4. The third kappa shape index (κ3) is 3.26. The van der Waals surface area contributed by atoms with Crippen LogP contribution in [0.15, 0.2) is 35.2 Å². The van der Waals surface area contributed by atoms with E-state index in [1.54, 1.807) is 0 Å². The predicted molar refractivity (Wildman–Crippen MR) is 103 cm³/mol. The molecule has 0 aliphatic heterocycles. The summed E-state index contributed by atoms with van der Waals surface area (Å²) in [6.07, 6.45) is 2.00. The lowest BCUT2D eigenvalue weighted by molar-refractivity contribution is 0.662. The topological polar surface area (TPSA) is 56.7 Å². The van der Waals surface area contributed by atoms with Crippen LogP contribution in [-0.2, 0) is 13.0 Å². The Bertz CT molecular complexity index is 840. The molecule has 3 aromatic rings. The second kappa shape index (κ2) is 7.26. The van der Waals surface area contributed by atoms with Gasteiger partial charge >= 0.3 is 0 Å². The van der Waals surface area contributed by atoms with Crippen LogP contribution in [0.4, 0.5) is 5.82 Å². The zero-order valence-corrected chi connectivity index (χ0v) is 15.4. The minimum absolute atomic E-state index is 0.542. The Morgan fingerprint density at radius 3 is 2.58 bits per heavy atom. The van der Waals surface area contributed by atoms with Crippen molar-refractivity contribution < 1.29 is 0 Å². The highest BCUT2D eigenvalue weighted by Crippen LogP contribution is 2.27. The first kappa shape index (κ1) is 16.8. The highest BCUT2D eigenvalue weighted by atomic mass is 32.2.